The number of hydrogen-bond acceptors (Lipinski definition) is 5. The van der Waals surface area contributed by atoms with Crippen LogP contribution in [0.25, 0.3) is 0 Å². The highest BCUT2D eigenvalue weighted by Crippen LogP contribution is 2.22. The Kier molecular flexibility index (Phi) is 2.82. The van der Waals surface area contributed by atoms with Crippen molar-refractivity contribution in [3.05, 3.63) is 40.0 Å². The van der Waals surface area contributed by atoms with E-state index in [9.17, 15) is 10.1 Å². The van der Waals surface area contributed by atoms with Gasteiger partial charge in [-0.2, -0.15) is 0 Å². The zero-order valence-electron chi connectivity index (χ0n) is 9.51. The van der Waals surface area contributed by atoms with Gasteiger partial charge in [0.1, 0.15) is 17.7 Å². The van der Waals surface area contributed by atoms with E-state index in [2.05, 4.69) is 10.4 Å². The number of anilines is 1. The summed E-state index contributed by atoms with van der Waals surface area (Å²) in [6, 6.07) is 3.65. The molecule has 0 atom stereocenters. The van der Waals surface area contributed by atoms with E-state index in [0.29, 0.717) is 12.3 Å². The topological polar surface area (TPSA) is 86.1 Å². The Morgan fingerprint density at radius 3 is 2.94 bits per heavy atom. The molecule has 90 valence electrons. The smallest absolute Gasteiger partial charge is 0.330 e. The molecule has 0 aliphatic heterocycles. The normalized spacial score (nSPS) is 10.5. The van der Waals surface area contributed by atoms with E-state index in [4.69, 9.17) is 4.42 Å². The first-order chi connectivity index (χ1) is 8.06. The Labute approximate surface area is 97.2 Å². The zero-order valence-corrected chi connectivity index (χ0v) is 9.51. The van der Waals surface area contributed by atoms with Gasteiger partial charge in [0.15, 0.2) is 0 Å². The second-order valence-corrected chi connectivity index (χ2v) is 3.66. The van der Waals surface area contributed by atoms with Crippen molar-refractivity contribution < 1.29 is 9.34 Å². The lowest BCUT2D eigenvalue weighted by Crippen LogP contribution is -2.01. The van der Waals surface area contributed by atoms with Crippen LogP contribution in [0, 0.1) is 17.0 Å². The van der Waals surface area contributed by atoms with Gasteiger partial charge in [-0.25, -0.2) is 0 Å². The van der Waals surface area contributed by atoms with E-state index in [1.165, 1.54) is 10.9 Å². The van der Waals surface area contributed by atoms with Gasteiger partial charge in [-0.3, -0.25) is 14.8 Å². The minimum Gasteiger partial charge on any atom is -0.465 e. The third kappa shape index (κ3) is 2.44. The van der Waals surface area contributed by atoms with E-state index >= 15 is 0 Å². The molecule has 0 radical (unpaired) electrons. The largest absolute Gasteiger partial charge is 0.465 e. The Hall–Kier alpha value is -2.31. The SMILES string of the molecule is Cc1ccc(CNc2nn(C)cc2[N+](=O)[O-])o1. The molecular weight excluding hydrogens is 224 g/mol. The fourth-order valence-electron chi connectivity index (χ4n) is 1.49. The van der Waals surface area contributed by atoms with Crippen LogP contribution in [-0.2, 0) is 13.6 Å². The average molecular weight is 236 g/mol. The first-order valence-electron chi connectivity index (χ1n) is 5.03. The standard InChI is InChI=1S/C10H12N4O3/c1-7-3-4-8(17-7)5-11-10-9(14(15)16)6-13(2)12-10/h3-4,6H,5H2,1-2H3,(H,11,12). The van der Waals surface area contributed by atoms with Crippen LogP contribution in [0.2, 0.25) is 0 Å². The Morgan fingerprint density at radius 2 is 2.35 bits per heavy atom. The minimum atomic E-state index is -0.470. The van der Waals surface area contributed by atoms with Gasteiger partial charge < -0.3 is 9.73 Å². The number of aromatic nitrogens is 2. The highest BCUT2D eigenvalue weighted by molar-refractivity contribution is 5.54. The van der Waals surface area contributed by atoms with E-state index < -0.39 is 4.92 Å². The zero-order chi connectivity index (χ0) is 12.4. The molecule has 0 saturated carbocycles. The van der Waals surface area contributed by atoms with Gasteiger partial charge in [-0.05, 0) is 19.1 Å². The fraction of sp³-hybridized carbons (Fsp3) is 0.300. The van der Waals surface area contributed by atoms with E-state index in [0.717, 1.165) is 5.76 Å². The summed E-state index contributed by atoms with van der Waals surface area (Å²) >= 11 is 0. The van der Waals surface area contributed by atoms with Crippen molar-refractivity contribution in [2.45, 2.75) is 13.5 Å². The molecule has 0 aliphatic rings. The molecule has 1 N–H and O–H groups in total. The first-order valence-corrected chi connectivity index (χ1v) is 5.03. The van der Waals surface area contributed by atoms with Crippen LogP contribution >= 0.6 is 0 Å². The molecule has 0 aliphatic carbocycles. The van der Waals surface area contributed by atoms with Gasteiger partial charge in [0, 0.05) is 7.05 Å². The van der Waals surface area contributed by atoms with Crippen molar-refractivity contribution in [1.29, 1.82) is 0 Å². The molecule has 17 heavy (non-hydrogen) atoms. The van der Waals surface area contributed by atoms with Gasteiger partial charge in [-0.15, -0.1) is 5.10 Å². The van der Waals surface area contributed by atoms with Gasteiger partial charge in [0.25, 0.3) is 0 Å². The van der Waals surface area contributed by atoms with Gasteiger partial charge in [-0.1, -0.05) is 0 Å². The molecule has 2 rings (SSSR count). The predicted molar refractivity (Wildman–Crippen MR) is 60.6 cm³/mol. The van der Waals surface area contributed by atoms with Crippen LogP contribution in [0.15, 0.2) is 22.7 Å². The number of hydrogen-bond donors (Lipinski definition) is 1. The molecule has 0 spiro atoms. The maximum absolute atomic E-state index is 10.7. The van der Waals surface area contributed by atoms with Crippen LogP contribution in [0.5, 0.6) is 0 Å². The lowest BCUT2D eigenvalue weighted by Gasteiger charge is -1.99. The molecule has 0 fully saturated rings. The summed E-state index contributed by atoms with van der Waals surface area (Å²) < 4.78 is 6.74. The van der Waals surface area contributed by atoms with Crippen LogP contribution in [0.3, 0.4) is 0 Å². The Balaban J connectivity index is 2.11. The highest BCUT2D eigenvalue weighted by Gasteiger charge is 2.18. The van der Waals surface area contributed by atoms with Crippen LogP contribution in [0.4, 0.5) is 11.5 Å². The monoisotopic (exact) mass is 236 g/mol. The molecule has 0 aromatic carbocycles. The molecule has 7 nitrogen and oxygen atoms in total. The average Bonchev–Trinajstić information content (AvgIpc) is 2.82. The number of furan rings is 1. The number of rotatable bonds is 4. The predicted octanol–water partition coefficient (Wildman–Crippen LogP) is 1.84. The van der Waals surface area contributed by atoms with Gasteiger partial charge in [0.2, 0.25) is 5.82 Å². The molecule has 7 heteroatoms. The highest BCUT2D eigenvalue weighted by atomic mass is 16.6. The molecule has 2 heterocycles. The molecule has 0 amide bonds. The van der Waals surface area contributed by atoms with Crippen LogP contribution < -0.4 is 5.32 Å². The lowest BCUT2D eigenvalue weighted by atomic mass is 10.4. The Bertz CT molecular complexity index is 543. The summed E-state index contributed by atoms with van der Waals surface area (Å²) in [5.74, 6) is 1.76. The lowest BCUT2D eigenvalue weighted by molar-refractivity contribution is -0.384. The van der Waals surface area contributed by atoms with Gasteiger partial charge in [0.05, 0.1) is 11.5 Å². The number of nitrogens with zero attached hydrogens (tertiary/aromatic N) is 3. The van der Waals surface area contributed by atoms with Crippen molar-refractivity contribution >= 4 is 11.5 Å². The second-order valence-electron chi connectivity index (χ2n) is 3.66. The molecular formula is C10H12N4O3. The maximum atomic E-state index is 10.7. The summed E-state index contributed by atoms with van der Waals surface area (Å²) in [5.41, 5.74) is -0.0456. The molecule has 2 aromatic heterocycles. The van der Waals surface area contributed by atoms with Crippen molar-refractivity contribution in [3.63, 3.8) is 0 Å². The third-order valence-electron chi connectivity index (χ3n) is 2.23. The number of aryl methyl sites for hydroxylation is 2. The molecule has 0 unspecified atom stereocenters. The summed E-state index contributed by atoms with van der Waals surface area (Å²) in [6.45, 7) is 2.21. The van der Waals surface area contributed by atoms with Crippen molar-refractivity contribution in [2.24, 2.45) is 7.05 Å². The maximum Gasteiger partial charge on any atom is 0.330 e. The fourth-order valence-corrected chi connectivity index (χ4v) is 1.49. The number of nitrogens with one attached hydrogen (secondary N) is 1. The number of nitro groups is 1. The van der Waals surface area contributed by atoms with Crippen molar-refractivity contribution in [2.75, 3.05) is 5.32 Å². The van der Waals surface area contributed by atoms with E-state index in [1.807, 2.05) is 19.1 Å². The second kappa shape index (κ2) is 4.28. The van der Waals surface area contributed by atoms with Crippen LogP contribution in [-0.4, -0.2) is 14.7 Å². The molecule has 0 bridgehead atoms. The summed E-state index contributed by atoms with van der Waals surface area (Å²) in [5, 5.41) is 17.6. The Morgan fingerprint density at radius 1 is 1.59 bits per heavy atom. The first kappa shape index (κ1) is 11.2. The van der Waals surface area contributed by atoms with E-state index in [1.54, 1.807) is 7.05 Å². The van der Waals surface area contributed by atoms with Gasteiger partial charge >= 0.3 is 5.69 Å². The summed E-state index contributed by atoms with van der Waals surface area (Å²) in [4.78, 5) is 10.3. The van der Waals surface area contributed by atoms with E-state index in [-0.39, 0.29) is 11.5 Å². The molecule has 0 saturated heterocycles. The third-order valence-corrected chi connectivity index (χ3v) is 2.23. The van der Waals surface area contributed by atoms with Crippen LogP contribution in [0.1, 0.15) is 11.5 Å². The summed E-state index contributed by atoms with van der Waals surface area (Å²) in [7, 11) is 1.63. The molecule has 2 aromatic rings. The minimum absolute atomic E-state index is 0.0456. The quantitative estimate of drug-likeness (QED) is 0.646. The van der Waals surface area contributed by atoms with Crippen molar-refractivity contribution in [3.8, 4) is 0 Å². The van der Waals surface area contributed by atoms with Crippen molar-refractivity contribution in [1.82, 2.24) is 9.78 Å². The summed E-state index contributed by atoms with van der Waals surface area (Å²) in [6.07, 6.45) is 1.36.